The summed E-state index contributed by atoms with van der Waals surface area (Å²) in [6.45, 7) is 6.53. The van der Waals surface area contributed by atoms with Crippen LogP contribution in [0.5, 0.6) is 0 Å². The van der Waals surface area contributed by atoms with E-state index in [1.54, 1.807) is 6.26 Å². The van der Waals surface area contributed by atoms with Crippen LogP contribution in [0, 0.1) is 5.92 Å². The number of pyridine rings is 1. The fraction of sp³-hybridized carbons (Fsp3) is 0.474. The highest BCUT2D eigenvalue weighted by atomic mass is 16.3. The van der Waals surface area contributed by atoms with Crippen LogP contribution in [0.2, 0.25) is 0 Å². The maximum Gasteiger partial charge on any atom is 0.191 e. The van der Waals surface area contributed by atoms with Gasteiger partial charge in [0.2, 0.25) is 0 Å². The van der Waals surface area contributed by atoms with Crippen LogP contribution >= 0.6 is 0 Å². The number of guanidine groups is 1. The number of hydrogen-bond acceptors (Lipinski definition) is 4. The lowest BCUT2D eigenvalue weighted by Gasteiger charge is -2.14. The van der Waals surface area contributed by atoms with Gasteiger partial charge in [0.25, 0.3) is 0 Å². The van der Waals surface area contributed by atoms with E-state index in [2.05, 4.69) is 34.5 Å². The average Bonchev–Trinajstić information content (AvgIpc) is 3.10. The maximum absolute atomic E-state index is 5.36. The summed E-state index contributed by atoms with van der Waals surface area (Å²) in [6.07, 6.45) is 2.52. The summed E-state index contributed by atoms with van der Waals surface area (Å²) >= 11 is 0. The molecule has 0 fully saturated rings. The molecule has 0 saturated heterocycles. The van der Waals surface area contributed by atoms with Gasteiger partial charge in [-0.2, -0.15) is 0 Å². The van der Waals surface area contributed by atoms with Gasteiger partial charge in [0.15, 0.2) is 5.96 Å². The van der Waals surface area contributed by atoms with Crippen LogP contribution in [-0.2, 0) is 13.0 Å². The molecule has 6 nitrogen and oxygen atoms in total. The number of nitrogens with one attached hydrogen (secondary N) is 2. The molecule has 0 aromatic carbocycles. The predicted octanol–water partition coefficient (Wildman–Crippen LogP) is 2.67. The molecule has 2 aromatic heterocycles. The first-order valence-electron chi connectivity index (χ1n) is 8.72. The molecule has 2 aromatic rings. The van der Waals surface area contributed by atoms with Crippen molar-refractivity contribution in [2.24, 2.45) is 10.9 Å². The van der Waals surface area contributed by atoms with Gasteiger partial charge in [0.05, 0.1) is 18.5 Å². The topological polar surface area (TPSA) is 65.7 Å². The van der Waals surface area contributed by atoms with Gasteiger partial charge in [-0.05, 0) is 30.2 Å². The number of aliphatic imine (C=N–C) groups is 1. The van der Waals surface area contributed by atoms with Crippen molar-refractivity contribution in [3.63, 3.8) is 0 Å². The Balaban J connectivity index is 1.95. The molecule has 2 N–H and O–H groups in total. The summed E-state index contributed by atoms with van der Waals surface area (Å²) in [5.41, 5.74) is 0.947. The Morgan fingerprint density at radius 2 is 2.04 bits per heavy atom. The van der Waals surface area contributed by atoms with E-state index in [1.165, 1.54) is 0 Å². The van der Waals surface area contributed by atoms with E-state index in [0.717, 1.165) is 42.7 Å². The van der Waals surface area contributed by atoms with Crippen LogP contribution in [0.15, 0.2) is 46.0 Å². The van der Waals surface area contributed by atoms with Crippen molar-refractivity contribution < 1.29 is 4.42 Å². The van der Waals surface area contributed by atoms with Gasteiger partial charge in [-0.25, -0.2) is 9.98 Å². The summed E-state index contributed by atoms with van der Waals surface area (Å²) in [5, 5.41) is 6.74. The van der Waals surface area contributed by atoms with Crippen molar-refractivity contribution in [1.82, 2.24) is 15.6 Å². The molecule has 0 saturated carbocycles. The molecule has 0 aliphatic carbocycles. The molecule has 0 bridgehead atoms. The van der Waals surface area contributed by atoms with E-state index >= 15 is 0 Å². The molecule has 0 aliphatic heterocycles. The molecule has 0 unspecified atom stereocenters. The molecule has 0 aliphatic rings. The summed E-state index contributed by atoms with van der Waals surface area (Å²) in [6, 6.07) is 9.90. The third kappa shape index (κ3) is 6.87. The van der Waals surface area contributed by atoms with Gasteiger partial charge in [-0.3, -0.25) is 0 Å². The fourth-order valence-electron chi connectivity index (χ4n) is 2.20. The first-order valence-corrected chi connectivity index (χ1v) is 8.72. The number of anilines is 1. The van der Waals surface area contributed by atoms with Crippen LogP contribution in [0.3, 0.4) is 0 Å². The molecule has 136 valence electrons. The Bertz CT molecular complexity index is 650. The lowest BCUT2D eigenvalue weighted by molar-refractivity contribution is 0.506. The van der Waals surface area contributed by atoms with E-state index in [-0.39, 0.29) is 0 Å². The van der Waals surface area contributed by atoms with Crippen molar-refractivity contribution in [2.75, 3.05) is 32.1 Å². The Kier molecular flexibility index (Phi) is 7.32. The zero-order chi connectivity index (χ0) is 18.1. The van der Waals surface area contributed by atoms with E-state index in [0.29, 0.717) is 12.5 Å². The van der Waals surface area contributed by atoms with Crippen LogP contribution < -0.4 is 15.5 Å². The first-order chi connectivity index (χ1) is 12.0. The van der Waals surface area contributed by atoms with Crippen molar-refractivity contribution in [3.8, 4) is 0 Å². The Labute approximate surface area is 150 Å². The minimum absolute atomic E-state index is 0.538. The van der Waals surface area contributed by atoms with Crippen LogP contribution in [-0.4, -0.2) is 38.1 Å². The number of rotatable bonds is 8. The van der Waals surface area contributed by atoms with E-state index in [4.69, 9.17) is 4.42 Å². The van der Waals surface area contributed by atoms with Crippen molar-refractivity contribution in [1.29, 1.82) is 0 Å². The molecular formula is C19H29N5O. The van der Waals surface area contributed by atoms with Gasteiger partial charge >= 0.3 is 0 Å². The quantitative estimate of drug-likeness (QED) is 0.570. The van der Waals surface area contributed by atoms with Gasteiger partial charge in [-0.1, -0.05) is 19.9 Å². The summed E-state index contributed by atoms with van der Waals surface area (Å²) < 4.78 is 5.36. The molecule has 2 rings (SSSR count). The second kappa shape index (κ2) is 9.71. The lowest BCUT2D eigenvalue weighted by atomic mass is 10.2. The largest absolute Gasteiger partial charge is 0.469 e. The molecule has 0 amide bonds. The van der Waals surface area contributed by atoms with E-state index in [9.17, 15) is 0 Å². The van der Waals surface area contributed by atoms with Gasteiger partial charge in [0.1, 0.15) is 11.6 Å². The molecule has 0 radical (unpaired) electrons. The van der Waals surface area contributed by atoms with Crippen LogP contribution in [0.4, 0.5) is 5.82 Å². The fourth-order valence-corrected chi connectivity index (χ4v) is 2.20. The number of aromatic nitrogens is 1. The van der Waals surface area contributed by atoms with Crippen molar-refractivity contribution in [2.45, 2.75) is 26.8 Å². The number of nitrogens with zero attached hydrogens (tertiary/aromatic N) is 3. The maximum atomic E-state index is 5.36. The van der Waals surface area contributed by atoms with Crippen molar-refractivity contribution in [3.05, 3.63) is 48.0 Å². The summed E-state index contributed by atoms with van der Waals surface area (Å²) in [5.74, 6) is 3.26. The highest BCUT2D eigenvalue weighted by molar-refractivity contribution is 5.79. The highest BCUT2D eigenvalue weighted by Gasteiger charge is 2.03. The second-order valence-corrected chi connectivity index (χ2v) is 6.58. The van der Waals surface area contributed by atoms with Crippen LogP contribution in [0.1, 0.15) is 25.3 Å². The monoisotopic (exact) mass is 343 g/mol. The van der Waals surface area contributed by atoms with Gasteiger partial charge in [-0.15, -0.1) is 0 Å². The summed E-state index contributed by atoms with van der Waals surface area (Å²) in [7, 11) is 3.97. The summed E-state index contributed by atoms with van der Waals surface area (Å²) in [4.78, 5) is 11.3. The Morgan fingerprint density at radius 3 is 2.72 bits per heavy atom. The Hall–Kier alpha value is -2.50. The predicted molar refractivity (Wildman–Crippen MR) is 103 cm³/mol. The second-order valence-electron chi connectivity index (χ2n) is 6.58. The standard InChI is InChI=1S/C19H29N5O/c1-15(2)13-21-19(20-11-10-17-8-6-12-25-17)22-14-16-7-5-9-18(23-16)24(3)4/h5-9,12,15H,10-11,13-14H2,1-4H3,(H2,20,21,22). The lowest BCUT2D eigenvalue weighted by Crippen LogP contribution is -2.40. The zero-order valence-electron chi connectivity index (χ0n) is 15.6. The molecular weight excluding hydrogens is 314 g/mol. The minimum Gasteiger partial charge on any atom is -0.469 e. The Morgan fingerprint density at radius 1 is 1.20 bits per heavy atom. The number of hydrogen-bond donors (Lipinski definition) is 2. The van der Waals surface area contributed by atoms with E-state index in [1.807, 2.05) is 49.3 Å². The third-order valence-electron chi connectivity index (χ3n) is 3.57. The molecule has 0 atom stereocenters. The average molecular weight is 343 g/mol. The number of furan rings is 1. The first kappa shape index (κ1) is 18.8. The minimum atomic E-state index is 0.538. The van der Waals surface area contributed by atoms with Gasteiger partial charge < -0.3 is 20.0 Å². The van der Waals surface area contributed by atoms with Crippen molar-refractivity contribution >= 4 is 11.8 Å². The molecule has 25 heavy (non-hydrogen) atoms. The smallest absolute Gasteiger partial charge is 0.191 e. The SMILES string of the molecule is CC(C)CNC(=NCc1cccc(N(C)C)n1)NCCc1ccco1. The molecule has 2 heterocycles. The normalized spacial score (nSPS) is 11.6. The molecule has 0 spiro atoms. The highest BCUT2D eigenvalue weighted by Crippen LogP contribution is 2.08. The van der Waals surface area contributed by atoms with E-state index < -0.39 is 0 Å². The van der Waals surface area contributed by atoms with Gasteiger partial charge in [0, 0.05) is 33.6 Å². The molecule has 6 heteroatoms. The zero-order valence-corrected chi connectivity index (χ0v) is 15.6. The van der Waals surface area contributed by atoms with Crippen LogP contribution in [0.25, 0.3) is 0 Å². The third-order valence-corrected chi connectivity index (χ3v) is 3.57.